The van der Waals surface area contributed by atoms with Gasteiger partial charge in [-0.15, -0.1) is 0 Å². The van der Waals surface area contributed by atoms with Crippen LogP contribution in [0.5, 0.6) is 11.5 Å². The molecule has 1 saturated carbocycles. The molecule has 1 aliphatic carbocycles. The quantitative estimate of drug-likeness (QED) is 0.471. The lowest BCUT2D eigenvalue weighted by atomic mass is 9.94. The molecule has 0 radical (unpaired) electrons. The molecule has 1 amide bonds. The molecule has 0 spiro atoms. The number of nitrogens with zero attached hydrogens (tertiary/aromatic N) is 2. The van der Waals surface area contributed by atoms with Gasteiger partial charge in [-0.25, -0.2) is 13.4 Å². The van der Waals surface area contributed by atoms with Gasteiger partial charge in [0.2, 0.25) is 22.7 Å². The average Bonchev–Trinajstić information content (AvgIpc) is 3.64. The number of ether oxygens (including phenoxy) is 2. The van der Waals surface area contributed by atoms with E-state index in [-0.39, 0.29) is 31.5 Å². The Labute approximate surface area is 223 Å². The Hall–Kier alpha value is -3.47. The maximum absolute atomic E-state index is 13.3. The lowest BCUT2D eigenvalue weighted by Crippen LogP contribution is -2.40. The second kappa shape index (κ2) is 9.68. The van der Waals surface area contributed by atoms with Gasteiger partial charge in [0.15, 0.2) is 11.5 Å². The third-order valence-corrected chi connectivity index (χ3v) is 9.51. The Bertz CT molecular complexity index is 1480. The molecular formula is C28H31N3O6S. The van der Waals surface area contributed by atoms with Crippen molar-refractivity contribution >= 4 is 21.7 Å². The van der Waals surface area contributed by atoms with Crippen LogP contribution in [0.3, 0.4) is 0 Å². The fourth-order valence-corrected chi connectivity index (χ4v) is 6.76. The number of nitrogens with one attached hydrogen (secondary N) is 1. The lowest BCUT2D eigenvalue weighted by molar-refractivity contribution is -0.118. The fourth-order valence-electron chi connectivity index (χ4n) is 5.21. The Morgan fingerprint density at radius 3 is 2.66 bits per heavy atom. The normalized spacial score (nSPS) is 20.2. The van der Waals surface area contributed by atoms with Gasteiger partial charge in [0.25, 0.3) is 0 Å². The Morgan fingerprint density at radius 2 is 1.89 bits per heavy atom. The molecule has 1 atom stereocenters. The van der Waals surface area contributed by atoms with Gasteiger partial charge < -0.3 is 19.9 Å². The van der Waals surface area contributed by atoms with Crippen molar-refractivity contribution < 1.29 is 29.2 Å². The van der Waals surface area contributed by atoms with Gasteiger partial charge in [0, 0.05) is 26.7 Å². The molecule has 200 valence electrons. The number of hydrogen-bond donors (Lipinski definition) is 2. The lowest BCUT2D eigenvalue weighted by Gasteiger charge is -2.30. The van der Waals surface area contributed by atoms with E-state index in [0.29, 0.717) is 36.1 Å². The molecule has 0 bridgehead atoms. The molecule has 2 aliphatic heterocycles. The van der Waals surface area contributed by atoms with Crippen LogP contribution in [0.4, 0.5) is 5.82 Å². The number of anilines is 1. The van der Waals surface area contributed by atoms with Crippen molar-refractivity contribution in [2.24, 2.45) is 5.92 Å². The third-order valence-electron chi connectivity index (χ3n) is 7.63. The van der Waals surface area contributed by atoms with Crippen molar-refractivity contribution in [3.8, 4) is 22.8 Å². The number of aromatic nitrogens is 1. The van der Waals surface area contributed by atoms with Gasteiger partial charge in [-0.3, -0.25) is 4.79 Å². The highest BCUT2D eigenvalue weighted by Crippen LogP contribution is 2.51. The number of sulfonamides is 1. The van der Waals surface area contributed by atoms with Crippen LogP contribution in [0, 0.1) is 5.92 Å². The minimum Gasteiger partial charge on any atom is -0.454 e. The number of carbonyl (C=O) groups is 1. The summed E-state index contributed by atoms with van der Waals surface area (Å²) in [5.41, 5.74) is 1.64. The minimum atomic E-state index is -3.64. The van der Waals surface area contributed by atoms with E-state index in [9.17, 15) is 18.3 Å². The largest absolute Gasteiger partial charge is 0.454 e. The Balaban J connectivity index is 0.00000308. The highest BCUT2D eigenvalue weighted by molar-refractivity contribution is 7.89. The number of amides is 1. The number of hydrogen-bond acceptors (Lipinski definition) is 7. The molecule has 1 aromatic heterocycles. The van der Waals surface area contributed by atoms with Gasteiger partial charge >= 0.3 is 0 Å². The summed E-state index contributed by atoms with van der Waals surface area (Å²) in [4.78, 5) is 18.1. The summed E-state index contributed by atoms with van der Waals surface area (Å²) in [5, 5.41) is 12.4. The second-order valence-electron chi connectivity index (χ2n) is 10.1. The number of carbonyl (C=O) groups excluding carboxylic acids is 1. The van der Waals surface area contributed by atoms with Crippen molar-refractivity contribution in [3.63, 3.8) is 0 Å². The molecule has 9 nitrogen and oxygen atoms in total. The van der Waals surface area contributed by atoms with Gasteiger partial charge in [-0.2, -0.15) is 4.31 Å². The van der Waals surface area contributed by atoms with Crippen LogP contribution in [0.25, 0.3) is 11.3 Å². The topological polar surface area (TPSA) is 118 Å². The first kappa shape index (κ1) is 24.8. The Morgan fingerprint density at radius 1 is 1.11 bits per heavy atom. The first-order chi connectivity index (χ1) is 18.4. The predicted octanol–water partition coefficient (Wildman–Crippen LogP) is 3.79. The first-order valence-electron chi connectivity index (χ1n) is 12.8. The van der Waals surface area contributed by atoms with Crippen molar-refractivity contribution in [2.45, 2.75) is 36.0 Å². The maximum atomic E-state index is 13.3. The van der Waals surface area contributed by atoms with Crippen molar-refractivity contribution in [1.29, 1.82) is 0 Å². The molecule has 1 saturated heterocycles. The zero-order valence-corrected chi connectivity index (χ0v) is 21.6. The van der Waals surface area contributed by atoms with Gasteiger partial charge in [-0.05, 0) is 73.6 Å². The summed E-state index contributed by atoms with van der Waals surface area (Å²) in [6.45, 7) is 0.959. The number of piperidine rings is 1. The number of rotatable bonds is 7. The molecule has 6 rings (SSSR count). The summed E-state index contributed by atoms with van der Waals surface area (Å²) in [6.07, 6.45) is 3.05. The molecular weight excluding hydrogens is 506 g/mol. The molecule has 3 aliphatic rings. The van der Waals surface area contributed by atoms with E-state index in [1.165, 1.54) is 4.31 Å². The van der Waals surface area contributed by atoms with Crippen LogP contribution in [-0.2, 0) is 20.2 Å². The number of benzene rings is 2. The summed E-state index contributed by atoms with van der Waals surface area (Å²) >= 11 is 0. The van der Waals surface area contributed by atoms with E-state index in [1.807, 2.05) is 30.3 Å². The minimum absolute atomic E-state index is 0. The van der Waals surface area contributed by atoms with Gasteiger partial charge in [-0.1, -0.05) is 24.3 Å². The molecule has 3 aromatic rings. The van der Waals surface area contributed by atoms with Crippen LogP contribution >= 0.6 is 0 Å². The highest BCUT2D eigenvalue weighted by atomic mass is 32.2. The van der Waals surface area contributed by atoms with E-state index < -0.39 is 15.4 Å². The van der Waals surface area contributed by atoms with E-state index >= 15 is 0 Å². The fraction of sp³-hybridized carbons (Fsp3) is 0.357. The van der Waals surface area contributed by atoms with Crippen LogP contribution in [0.15, 0.2) is 65.6 Å². The molecule has 3 heterocycles. The van der Waals surface area contributed by atoms with Crippen LogP contribution in [0.1, 0.15) is 32.7 Å². The Kier molecular flexibility index (Phi) is 6.33. The second-order valence-corrected chi connectivity index (χ2v) is 12.0. The monoisotopic (exact) mass is 537 g/mol. The van der Waals surface area contributed by atoms with Crippen molar-refractivity contribution in [2.75, 3.05) is 31.8 Å². The van der Waals surface area contributed by atoms with E-state index in [4.69, 9.17) is 9.47 Å². The first-order valence-corrected chi connectivity index (χ1v) is 14.2. The number of pyridine rings is 1. The van der Waals surface area contributed by atoms with Gasteiger partial charge in [0.05, 0.1) is 16.0 Å². The van der Waals surface area contributed by atoms with Crippen LogP contribution in [0.2, 0.25) is 0 Å². The molecule has 10 heteroatoms. The molecule has 38 heavy (non-hydrogen) atoms. The summed E-state index contributed by atoms with van der Waals surface area (Å²) in [5.74, 6) is 1.62. The van der Waals surface area contributed by atoms with E-state index in [0.717, 1.165) is 36.8 Å². The van der Waals surface area contributed by atoms with Crippen molar-refractivity contribution in [1.82, 2.24) is 9.29 Å². The van der Waals surface area contributed by atoms with Crippen LogP contribution in [-0.4, -0.2) is 55.2 Å². The highest BCUT2D eigenvalue weighted by Gasteiger charge is 2.51. The molecule has 1 unspecified atom stereocenters. The number of fused-ring (bicyclic) bond motifs is 1. The summed E-state index contributed by atoms with van der Waals surface area (Å²) in [7, 11) is -3.64. The molecule has 2 N–H and O–H groups in total. The summed E-state index contributed by atoms with van der Waals surface area (Å²) in [6, 6.07) is 17.6. The average molecular weight is 538 g/mol. The zero-order chi connectivity index (χ0) is 26.3. The summed E-state index contributed by atoms with van der Waals surface area (Å²) < 4.78 is 38.6. The van der Waals surface area contributed by atoms with Crippen LogP contribution < -0.4 is 14.8 Å². The standard InChI is InChI=1S/C28H29N3O6S.H2/c32-17-19-3-2-14-31(16-19)38(34,35)22-9-6-20(7-10-22)23-4-1-5-26(29-23)30-27(33)28(12-13-28)21-8-11-24-25(15-21)37-18-36-24;/h1,4-11,15,19,32H,2-3,12-14,16-18H2,(H,29,30,33);1H. The number of aliphatic hydroxyl groups is 1. The molecule has 2 aromatic carbocycles. The smallest absolute Gasteiger partial charge is 0.243 e. The zero-order valence-electron chi connectivity index (χ0n) is 20.8. The van der Waals surface area contributed by atoms with Crippen molar-refractivity contribution in [3.05, 3.63) is 66.2 Å². The predicted molar refractivity (Wildman–Crippen MR) is 142 cm³/mol. The third kappa shape index (κ3) is 4.53. The SMILES string of the molecule is O=C(Nc1cccc(-c2ccc(S(=O)(=O)N3CCCC(CO)C3)cc2)n1)C1(c2ccc3c(c2)OCO3)CC1.[HH]. The maximum Gasteiger partial charge on any atom is 0.243 e. The van der Waals surface area contributed by atoms with E-state index in [1.54, 1.807) is 30.3 Å². The van der Waals surface area contributed by atoms with Gasteiger partial charge in [0.1, 0.15) is 5.82 Å². The molecule has 2 fully saturated rings. The van der Waals surface area contributed by atoms with E-state index in [2.05, 4.69) is 10.3 Å². The number of aliphatic hydroxyl groups excluding tert-OH is 1.